The third-order valence-corrected chi connectivity index (χ3v) is 5.05. The lowest BCUT2D eigenvalue weighted by Gasteiger charge is -2.27. The molecule has 0 fully saturated rings. The summed E-state index contributed by atoms with van der Waals surface area (Å²) in [6, 6.07) is 20.9. The van der Waals surface area contributed by atoms with Crippen molar-refractivity contribution in [2.24, 2.45) is 0 Å². The Labute approximate surface area is 148 Å². The Morgan fingerprint density at radius 2 is 1.64 bits per heavy atom. The molecule has 4 rings (SSSR count). The molecular formula is C23H22O2. The molecule has 0 amide bonds. The first-order chi connectivity index (χ1) is 11.9. The van der Waals surface area contributed by atoms with Crippen molar-refractivity contribution in [1.82, 2.24) is 0 Å². The minimum Gasteiger partial charge on any atom is -0.426 e. The summed E-state index contributed by atoms with van der Waals surface area (Å²) in [6.45, 7) is 6.63. The quantitative estimate of drug-likeness (QED) is 0.430. The molecule has 0 saturated carbocycles. The Morgan fingerprint density at radius 3 is 2.36 bits per heavy atom. The second-order valence-electron chi connectivity index (χ2n) is 7.80. The van der Waals surface area contributed by atoms with Crippen LogP contribution in [0.25, 0.3) is 10.8 Å². The Kier molecular flexibility index (Phi) is 3.64. The van der Waals surface area contributed by atoms with Gasteiger partial charge in [-0.15, -0.1) is 0 Å². The molecule has 0 aromatic heterocycles. The molecule has 3 aromatic carbocycles. The normalized spacial score (nSPS) is 17.2. The zero-order valence-electron chi connectivity index (χ0n) is 14.9. The molecule has 1 aliphatic rings. The Balaban J connectivity index is 1.87. The van der Waals surface area contributed by atoms with Gasteiger partial charge in [-0.2, -0.15) is 0 Å². The van der Waals surface area contributed by atoms with Crippen molar-refractivity contribution in [2.75, 3.05) is 0 Å². The summed E-state index contributed by atoms with van der Waals surface area (Å²) in [7, 11) is 0. The molecule has 3 aromatic rings. The summed E-state index contributed by atoms with van der Waals surface area (Å²) in [5, 5.41) is 2.34. The van der Waals surface area contributed by atoms with Gasteiger partial charge < -0.3 is 4.74 Å². The summed E-state index contributed by atoms with van der Waals surface area (Å²) in [5.41, 5.74) is 3.71. The van der Waals surface area contributed by atoms with Gasteiger partial charge in [0.15, 0.2) is 0 Å². The van der Waals surface area contributed by atoms with E-state index in [4.69, 9.17) is 4.74 Å². The van der Waals surface area contributed by atoms with Gasteiger partial charge in [-0.25, -0.2) is 0 Å². The fraction of sp³-hybridized carbons (Fsp3) is 0.261. The highest BCUT2D eigenvalue weighted by Crippen LogP contribution is 2.43. The van der Waals surface area contributed by atoms with Crippen LogP contribution in [-0.4, -0.2) is 5.97 Å². The Bertz CT molecular complexity index is 946. The van der Waals surface area contributed by atoms with E-state index in [1.54, 1.807) is 0 Å². The van der Waals surface area contributed by atoms with Gasteiger partial charge in [0.25, 0.3) is 0 Å². The van der Waals surface area contributed by atoms with Gasteiger partial charge >= 0.3 is 5.97 Å². The van der Waals surface area contributed by atoms with Crippen molar-refractivity contribution in [1.29, 1.82) is 0 Å². The predicted molar refractivity (Wildman–Crippen MR) is 101 cm³/mol. The van der Waals surface area contributed by atoms with Crippen LogP contribution in [0.4, 0.5) is 0 Å². The zero-order valence-corrected chi connectivity index (χ0v) is 14.9. The van der Waals surface area contributed by atoms with Crippen LogP contribution < -0.4 is 4.74 Å². The second-order valence-corrected chi connectivity index (χ2v) is 7.80. The van der Waals surface area contributed by atoms with Crippen LogP contribution in [0.1, 0.15) is 49.8 Å². The number of hydrogen-bond donors (Lipinski definition) is 0. The molecule has 1 aliphatic heterocycles. The first-order valence-corrected chi connectivity index (χ1v) is 8.76. The number of esters is 1. The zero-order chi connectivity index (χ0) is 17.6. The van der Waals surface area contributed by atoms with Gasteiger partial charge in [0.05, 0.1) is 6.42 Å². The van der Waals surface area contributed by atoms with Gasteiger partial charge in [-0.3, -0.25) is 4.79 Å². The van der Waals surface area contributed by atoms with Crippen molar-refractivity contribution in [3.8, 4) is 5.75 Å². The fourth-order valence-corrected chi connectivity index (χ4v) is 3.66. The van der Waals surface area contributed by atoms with E-state index in [1.807, 2.05) is 24.3 Å². The Hall–Kier alpha value is -2.61. The lowest BCUT2D eigenvalue weighted by Crippen LogP contribution is -2.21. The van der Waals surface area contributed by atoms with Crippen molar-refractivity contribution in [2.45, 2.75) is 38.5 Å². The number of fused-ring (bicyclic) bond motifs is 3. The number of rotatable bonds is 1. The molecule has 0 unspecified atom stereocenters. The Morgan fingerprint density at radius 1 is 0.920 bits per heavy atom. The first kappa shape index (κ1) is 15.9. The smallest absolute Gasteiger partial charge is 0.312 e. The number of carbonyl (C=O) groups excluding carboxylic acids is 1. The van der Waals surface area contributed by atoms with Gasteiger partial charge in [0.1, 0.15) is 5.75 Å². The van der Waals surface area contributed by atoms with E-state index in [0.717, 1.165) is 10.9 Å². The minimum absolute atomic E-state index is 0.0383. The second kappa shape index (κ2) is 5.73. The summed E-state index contributed by atoms with van der Waals surface area (Å²) in [4.78, 5) is 12.1. The summed E-state index contributed by atoms with van der Waals surface area (Å²) < 4.78 is 5.53. The standard InChI is InChI=1S/C23H22O2/c1-23(2,3)17-11-8-16(9-12-17)19-14-21(24)25-20-13-10-15-6-4-5-7-18(15)22(19)20/h4-13,19H,14H2,1-3H3/t19-/m1/s1. The van der Waals surface area contributed by atoms with Crippen LogP contribution in [0.2, 0.25) is 0 Å². The van der Waals surface area contributed by atoms with Crippen molar-refractivity contribution in [3.63, 3.8) is 0 Å². The minimum atomic E-state index is -0.160. The maximum absolute atomic E-state index is 12.1. The highest BCUT2D eigenvalue weighted by Gasteiger charge is 2.30. The van der Waals surface area contributed by atoms with Gasteiger partial charge in [-0.05, 0) is 33.4 Å². The third kappa shape index (κ3) is 2.82. The van der Waals surface area contributed by atoms with Crippen molar-refractivity contribution >= 4 is 16.7 Å². The number of benzene rings is 3. The molecule has 1 atom stereocenters. The van der Waals surface area contributed by atoms with E-state index in [-0.39, 0.29) is 17.3 Å². The molecule has 0 bridgehead atoms. The van der Waals surface area contributed by atoms with Crippen LogP contribution in [-0.2, 0) is 10.2 Å². The highest BCUT2D eigenvalue weighted by molar-refractivity contribution is 5.92. The summed E-state index contributed by atoms with van der Waals surface area (Å²) >= 11 is 0. The highest BCUT2D eigenvalue weighted by atomic mass is 16.5. The van der Waals surface area contributed by atoms with E-state index in [2.05, 4.69) is 57.2 Å². The SMILES string of the molecule is CC(C)(C)c1ccc([C@H]2CC(=O)Oc3ccc4ccccc4c32)cc1. The predicted octanol–water partition coefficient (Wildman–Crippen LogP) is 5.58. The van der Waals surface area contributed by atoms with E-state index in [0.29, 0.717) is 12.2 Å². The lowest BCUT2D eigenvalue weighted by atomic mass is 9.81. The van der Waals surface area contributed by atoms with Gasteiger partial charge in [0.2, 0.25) is 0 Å². The molecule has 2 heteroatoms. The number of hydrogen-bond acceptors (Lipinski definition) is 2. The van der Waals surface area contributed by atoms with E-state index in [9.17, 15) is 4.79 Å². The summed E-state index contributed by atoms with van der Waals surface area (Å²) in [5.74, 6) is 0.573. The van der Waals surface area contributed by atoms with E-state index < -0.39 is 0 Å². The average molecular weight is 330 g/mol. The average Bonchev–Trinajstić information content (AvgIpc) is 2.60. The topological polar surface area (TPSA) is 26.3 Å². The maximum Gasteiger partial charge on any atom is 0.312 e. The lowest BCUT2D eigenvalue weighted by molar-refractivity contribution is -0.135. The molecule has 1 heterocycles. The molecule has 0 spiro atoms. The van der Waals surface area contributed by atoms with Crippen molar-refractivity contribution < 1.29 is 9.53 Å². The molecule has 0 aliphatic carbocycles. The number of ether oxygens (including phenoxy) is 1. The van der Waals surface area contributed by atoms with Gasteiger partial charge in [-0.1, -0.05) is 75.4 Å². The fourth-order valence-electron chi connectivity index (χ4n) is 3.66. The van der Waals surface area contributed by atoms with Crippen LogP contribution in [0.3, 0.4) is 0 Å². The molecule has 0 N–H and O–H groups in total. The molecule has 2 nitrogen and oxygen atoms in total. The first-order valence-electron chi connectivity index (χ1n) is 8.76. The van der Waals surface area contributed by atoms with Crippen LogP contribution in [0, 0.1) is 0 Å². The maximum atomic E-state index is 12.1. The molecule has 0 saturated heterocycles. The number of carbonyl (C=O) groups is 1. The third-order valence-electron chi connectivity index (χ3n) is 5.05. The molecule has 126 valence electrons. The molecule has 25 heavy (non-hydrogen) atoms. The monoisotopic (exact) mass is 330 g/mol. The summed E-state index contributed by atoms with van der Waals surface area (Å²) in [6.07, 6.45) is 0.385. The van der Waals surface area contributed by atoms with Crippen molar-refractivity contribution in [3.05, 3.63) is 77.4 Å². The largest absolute Gasteiger partial charge is 0.426 e. The van der Waals surface area contributed by atoms with Crippen LogP contribution in [0.5, 0.6) is 5.75 Å². The van der Waals surface area contributed by atoms with Crippen LogP contribution in [0.15, 0.2) is 60.7 Å². The van der Waals surface area contributed by atoms with E-state index in [1.165, 1.54) is 16.5 Å². The van der Waals surface area contributed by atoms with Gasteiger partial charge in [0, 0.05) is 11.5 Å². The molecular weight excluding hydrogens is 308 g/mol. The van der Waals surface area contributed by atoms with E-state index >= 15 is 0 Å². The van der Waals surface area contributed by atoms with Crippen LogP contribution >= 0.6 is 0 Å². The molecule has 0 radical (unpaired) electrons.